The summed E-state index contributed by atoms with van der Waals surface area (Å²) in [5.74, 6) is -0.601. The molecule has 1 amide bonds. The number of amides is 1. The van der Waals surface area contributed by atoms with Gasteiger partial charge in [0, 0.05) is 5.69 Å². The Hall–Kier alpha value is -2.27. The topological polar surface area (TPSA) is 81.4 Å². The van der Waals surface area contributed by atoms with E-state index in [1.807, 2.05) is 24.3 Å². The molecular weight excluding hydrogens is 352 g/mol. The number of nitrogens with two attached hydrogens (primary N) is 1. The lowest BCUT2D eigenvalue weighted by Gasteiger charge is -2.29. The van der Waals surface area contributed by atoms with Crippen molar-refractivity contribution in [1.82, 2.24) is 5.32 Å². The van der Waals surface area contributed by atoms with Crippen LogP contribution in [0, 0.1) is 5.92 Å². The zero-order valence-corrected chi connectivity index (χ0v) is 15.7. The standard InChI is InChI=1S/C20H24N2O3.ClH/c1-25-20(24)18(13-7-3-2-4-8-13)22-19(23)16-11-14-9-5-6-10-15(14)12-17(16)21;/h5-6,9-13,18H,2-4,7-8,21H2,1H3,(H,22,23);1H/t18-;/m0./s1. The summed E-state index contributed by atoms with van der Waals surface area (Å²) in [5, 5.41) is 4.78. The van der Waals surface area contributed by atoms with Crippen LogP contribution in [0.15, 0.2) is 36.4 Å². The third-order valence-corrected chi connectivity index (χ3v) is 5.03. The van der Waals surface area contributed by atoms with Crippen LogP contribution in [-0.2, 0) is 9.53 Å². The summed E-state index contributed by atoms with van der Waals surface area (Å²) in [6.45, 7) is 0. The monoisotopic (exact) mass is 376 g/mol. The number of carbonyl (C=O) groups is 2. The van der Waals surface area contributed by atoms with Crippen LogP contribution < -0.4 is 11.1 Å². The van der Waals surface area contributed by atoms with Crippen LogP contribution in [0.4, 0.5) is 5.69 Å². The van der Waals surface area contributed by atoms with Crippen molar-refractivity contribution in [3.05, 3.63) is 42.0 Å². The van der Waals surface area contributed by atoms with E-state index in [1.54, 1.807) is 12.1 Å². The molecule has 0 saturated heterocycles. The number of nitrogens with one attached hydrogen (secondary N) is 1. The van der Waals surface area contributed by atoms with Crippen molar-refractivity contribution in [3.8, 4) is 0 Å². The number of hydrogen-bond donors (Lipinski definition) is 2. The predicted octanol–water partition coefficient (Wildman–Crippen LogP) is 3.70. The zero-order chi connectivity index (χ0) is 17.8. The fraction of sp³-hybridized carbons (Fsp3) is 0.400. The zero-order valence-electron chi connectivity index (χ0n) is 14.9. The number of fused-ring (bicyclic) bond motifs is 1. The van der Waals surface area contributed by atoms with Crippen molar-refractivity contribution < 1.29 is 14.3 Å². The molecule has 0 spiro atoms. The lowest BCUT2D eigenvalue weighted by molar-refractivity contribution is -0.144. The van der Waals surface area contributed by atoms with E-state index in [1.165, 1.54) is 13.5 Å². The number of anilines is 1. The van der Waals surface area contributed by atoms with Crippen LogP contribution in [0.5, 0.6) is 0 Å². The summed E-state index contributed by atoms with van der Waals surface area (Å²) in [4.78, 5) is 25.0. The first-order valence-corrected chi connectivity index (χ1v) is 8.77. The van der Waals surface area contributed by atoms with Gasteiger partial charge in [-0.05, 0) is 41.7 Å². The van der Waals surface area contributed by atoms with E-state index in [2.05, 4.69) is 5.32 Å². The van der Waals surface area contributed by atoms with Gasteiger partial charge in [0.05, 0.1) is 12.7 Å². The molecule has 0 aliphatic heterocycles. The van der Waals surface area contributed by atoms with Gasteiger partial charge in [0.2, 0.25) is 0 Å². The van der Waals surface area contributed by atoms with E-state index in [-0.39, 0.29) is 30.2 Å². The maximum atomic E-state index is 12.8. The first-order chi connectivity index (χ1) is 12.1. The fourth-order valence-electron chi connectivity index (χ4n) is 3.64. The molecule has 1 saturated carbocycles. The molecule has 6 heteroatoms. The molecule has 0 heterocycles. The summed E-state index contributed by atoms with van der Waals surface area (Å²) < 4.78 is 4.92. The Morgan fingerprint density at radius 1 is 1.12 bits per heavy atom. The van der Waals surface area contributed by atoms with Crippen molar-refractivity contribution >= 4 is 40.7 Å². The molecule has 5 nitrogen and oxygen atoms in total. The number of hydrogen-bond acceptors (Lipinski definition) is 4. The van der Waals surface area contributed by atoms with E-state index in [9.17, 15) is 9.59 Å². The maximum absolute atomic E-state index is 12.8. The van der Waals surface area contributed by atoms with Crippen molar-refractivity contribution in [1.29, 1.82) is 0 Å². The molecule has 1 fully saturated rings. The molecule has 2 aromatic rings. The van der Waals surface area contributed by atoms with Gasteiger partial charge in [0.1, 0.15) is 6.04 Å². The highest BCUT2D eigenvalue weighted by molar-refractivity contribution is 6.05. The summed E-state index contributed by atoms with van der Waals surface area (Å²) >= 11 is 0. The molecule has 0 bridgehead atoms. The number of rotatable bonds is 4. The molecular formula is C20H25ClN2O3. The molecule has 3 rings (SSSR count). The normalized spacial score (nSPS) is 15.7. The van der Waals surface area contributed by atoms with Crippen LogP contribution in [0.25, 0.3) is 10.8 Å². The number of ether oxygens (including phenoxy) is 1. The lowest BCUT2D eigenvalue weighted by atomic mass is 9.83. The second-order valence-electron chi connectivity index (χ2n) is 6.66. The highest BCUT2D eigenvalue weighted by Crippen LogP contribution is 2.28. The Bertz CT molecular complexity index is 788. The molecule has 1 atom stereocenters. The van der Waals surface area contributed by atoms with Crippen molar-refractivity contribution in [2.75, 3.05) is 12.8 Å². The number of methoxy groups -OCH3 is 1. The summed E-state index contributed by atoms with van der Waals surface area (Å²) in [6, 6.07) is 10.7. The molecule has 0 unspecified atom stereocenters. The number of nitrogen functional groups attached to an aromatic ring is 1. The smallest absolute Gasteiger partial charge is 0.328 e. The molecule has 0 radical (unpaired) electrons. The van der Waals surface area contributed by atoms with E-state index in [4.69, 9.17) is 10.5 Å². The number of benzene rings is 2. The summed E-state index contributed by atoms with van der Waals surface area (Å²) in [5.41, 5.74) is 6.87. The Morgan fingerprint density at radius 3 is 2.35 bits per heavy atom. The van der Waals surface area contributed by atoms with Gasteiger partial charge in [-0.2, -0.15) is 0 Å². The van der Waals surface area contributed by atoms with Crippen LogP contribution in [0.3, 0.4) is 0 Å². The quantitative estimate of drug-likeness (QED) is 0.629. The number of carbonyl (C=O) groups excluding carboxylic acids is 2. The maximum Gasteiger partial charge on any atom is 0.328 e. The molecule has 26 heavy (non-hydrogen) atoms. The van der Waals surface area contributed by atoms with Crippen LogP contribution in [0.1, 0.15) is 42.5 Å². The minimum atomic E-state index is -0.622. The van der Waals surface area contributed by atoms with E-state index in [0.717, 1.165) is 36.5 Å². The van der Waals surface area contributed by atoms with Crippen LogP contribution in [0.2, 0.25) is 0 Å². The second-order valence-corrected chi connectivity index (χ2v) is 6.66. The van der Waals surface area contributed by atoms with Gasteiger partial charge in [-0.1, -0.05) is 43.5 Å². The highest BCUT2D eigenvalue weighted by atomic mass is 35.5. The van der Waals surface area contributed by atoms with E-state index in [0.29, 0.717) is 11.3 Å². The van der Waals surface area contributed by atoms with Gasteiger partial charge in [-0.25, -0.2) is 4.79 Å². The van der Waals surface area contributed by atoms with Gasteiger partial charge in [-0.3, -0.25) is 4.79 Å². The fourth-order valence-corrected chi connectivity index (χ4v) is 3.64. The van der Waals surface area contributed by atoms with Crippen molar-refractivity contribution in [2.45, 2.75) is 38.1 Å². The van der Waals surface area contributed by atoms with Gasteiger partial charge >= 0.3 is 5.97 Å². The largest absolute Gasteiger partial charge is 0.467 e. The van der Waals surface area contributed by atoms with Crippen molar-refractivity contribution in [3.63, 3.8) is 0 Å². The third kappa shape index (κ3) is 4.28. The Morgan fingerprint density at radius 2 is 1.73 bits per heavy atom. The Kier molecular flexibility index (Phi) is 6.86. The molecule has 1 aliphatic rings. The minimum Gasteiger partial charge on any atom is -0.467 e. The summed E-state index contributed by atoms with van der Waals surface area (Å²) in [6.07, 6.45) is 5.18. The molecule has 140 valence electrons. The van der Waals surface area contributed by atoms with Crippen LogP contribution in [-0.4, -0.2) is 25.0 Å². The van der Waals surface area contributed by atoms with Crippen molar-refractivity contribution in [2.24, 2.45) is 5.92 Å². The SMILES string of the molecule is COC(=O)[C@@H](NC(=O)c1cc2ccccc2cc1N)C1CCCCC1.Cl. The predicted molar refractivity (Wildman–Crippen MR) is 105 cm³/mol. The summed E-state index contributed by atoms with van der Waals surface area (Å²) in [7, 11) is 1.36. The first-order valence-electron chi connectivity index (χ1n) is 8.77. The van der Waals surface area contributed by atoms with E-state index >= 15 is 0 Å². The molecule has 2 aromatic carbocycles. The molecule has 0 aromatic heterocycles. The number of esters is 1. The average molecular weight is 377 g/mol. The Labute approximate surface area is 159 Å². The average Bonchev–Trinajstić information content (AvgIpc) is 2.65. The highest BCUT2D eigenvalue weighted by Gasteiger charge is 2.32. The number of halogens is 1. The van der Waals surface area contributed by atoms with Gasteiger partial charge < -0.3 is 15.8 Å². The van der Waals surface area contributed by atoms with Gasteiger partial charge in [-0.15, -0.1) is 12.4 Å². The molecule has 1 aliphatic carbocycles. The lowest BCUT2D eigenvalue weighted by Crippen LogP contribution is -2.47. The Balaban J connectivity index is 0.00000243. The van der Waals surface area contributed by atoms with Crippen LogP contribution >= 0.6 is 12.4 Å². The minimum absolute atomic E-state index is 0. The first kappa shape index (κ1) is 20.0. The third-order valence-electron chi connectivity index (χ3n) is 5.03. The van der Waals surface area contributed by atoms with Gasteiger partial charge in [0.15, 0.2) is 0 Å². The van der Waals surface area contributed by atoms with E-state index < -0.39 is 6.04 Å². The second kappa shape index (κ2) is 8.90. The van der Waals surface area contributed by atoms with Gasteiger partial charge in [0.25, 0.3) is 5.91 Å². The molecule has 3 N–H and O–H groups in total.